The van der Waals surface area contributed by atoms with Crippen LogP contribution in [0.4, 0.5) is 0 Å². The van der Waals surface area contributed by atoms with Crippen molar-refractivity contribution in [3.8, 4) is 0 Å². The van der Waals surface area contributed by atoms with Crippen LogP contribution in [0.5, 0.6) is 0 Å². The topological polar surface area (TPSA) is 203 Å². The van der Waals surface area contributed by atoms with Gasteiger partial charge < -0.3 is 40.1 Å². The Morgan fingerprint density at radius 3 is 2.20 bits per heavy atom. The van der Waals surface area contributed by atoms with Crippen molar-refractivity contribution in [1.29, 1.82) is 0 Å². The van der Waals surface area contributed by atoms with Crippen LogP contribution in [0.25, 0.3) is 0 Å². The van der Waals surface area contributed by atoms with Gasteiger partial charge in [0.2, 0.25) is 0 Å². The normalized spacial score (nSPS) is 50.2. The second kappa shape index (κ2) is 12.6. The van der Waals surface area contributed by atoms with Gasteiger partial charge in [-0.2, -0.15) is 8.42 Å². The highest BCUT2D eigenvalue weighted by molar-refractivity contribution is 7.80. The van der Waals surface area contributed by atoms with Crippen LogP contribution in [-0.2, 0) is 24.1 Å². The molecule has 0 aromatic carbocycles. The summed E-state index contributed by atoms with van der Waals surface area (Å²) in [4.78, 5) is 0. The van der Waals surface area contributed by atoms with E-state index in [1.165, 1.54) is 0 Å². The van der Waals surface area contributed by atoms with Crippen molar-refractivity contribution in [2.45, 2.75) is 134 Å². The third-order valence-corrected chi connectivity index (χ3v) is 13.1. The Balaban J connectivity index is 1.33. The number of aliphatic hydroxyl groups is 6. The predicted molar refractivity (Wildman–Crippen MR) is 162 cm³/mol. The van der Waals surface area contributed by atoms with Gasteiger partial charge in [0.15, 0.2) is 6.29 Å². The van der Waals surface area contributed by atoms with E-state index in [4.69, 9.17) is 13.7 Å². The number of rotatable bonds is 8. The van der Waals surface area contributed by atoms with E-state index in [0.29, 0.717) is 25.7 Å². The summed E-state index contributed by atoms with van der Waals surface area (Å²) in [7, 11) is -4.62. The molecule has 1 heterocycles. The predicted octanol–water partition coefficient (Wildman–Crippen LogP) is 1.56. The summed E-state index contributed by atoms with van der Waals surface area (Å²) in [5, 5.41) is 65.8. The fourth-order valence-corrected chi connectivity index (χ4v) is 11.0. The van der Waals surface area contributed by atoms with Crippen molar-refractivity contribution in [2.24, 2.45) is 46.3 Å². The van der Waals surface area contributed by atoms with Crippen LogP contribution in [0.1, 0.15) is 79.6 Å². The molecule has 0 aromatic rings. The summed E-state index contributed by atoms with van der Waals surface area (Å²) < 4.78 is 48.4. The van der Waals surface area contributed by atoms with E-state index in [1.54, 1.807) is 0 Å². The van der Waals surface area contributed by atoms with E-state index in [0.717, 1.165) is 6.42 Å². The quantitative estimate of drug-likeness (QED) is 0.146. The highest BCUT2D eigenvalue weighted by Gasteiger charge is 2.70. The average molecular weight is 663 g/mol. The van der Waals surface area contributed by atoms with Crippen molar-refractivity contribution >= 4 is 10.4 Å². The van der Waals surface area contributed by atoms with Crippen molar-refractivity contribution in [1.82, 2.24) is 0 Å². The van der Waals surface area contributed by atoms with E-state index in [2.05, 4.69) is 26.8 Å². The molecule has 0 unspecified atom stereocenters. The summed E-state index contributed by atoms with van der Waals surface area (Å²) in [5.41, 5.74) is -2.22. The van der Waals surface area contributed by atoms with Crippen LogP contribution in [0.2, 0.25) is 0 Å². The largest absolute Gasteiger partial charge is 0.397 e. The van der Waals surface area contributed by atoms with Gasteiger partial charge in [-0.25, -0.2) is 4.18 Å². The molecular formula is C32H54O12S. The third-order valence-electron chi connectivity index (χ3n) is 12.6. The van der Waals surface area contributed by atoms with Gasteiger partial charge in [-0.3, -0.25) is 4.55 Å². The van der Waals surface area contributed by atoms with Crippen molar-refractivity contribution < 1.29 is 57.3 Å². The van der Waals surface area contributed by atoms with Crippen LogP contribution >= 0.6 is 0 Å². The van der Waals surface area contributed by atoms with E-state index in [1.807, 2.05) is 19.9 Å². The Kier molecular flexibility index (Phi) is 9.99. The number of hydrogen-bond donors (Lipinski definition) is 7. The summed E-state index contributed by atoms with van der Waals surface area (Å²) in [6.45, 7) is 10.1. The number of allylic oxidation sites excluding steroid dienone is 1. The monoisotopic (exact) mass is 662 g/mol. The molecule has 12 nitrogen and oxygen atoms in total. The smallest absolute Gasteiger partial charge is 0.393 e. The molecule has 45 heavy (non-hydrogen) atoms. The lowest BCUT2D eigenvalue weighted by Gasteiger charge is -2.66. The van der Waals surface area contributed by atoms with Crippen molar-refractivity contribution in [3.63, 3.8) is 0 Å². The van der Waals surface area contributed by atoms with Gasteiger partial charge >= 0.3 is 10.4 Å². The molecule has 1 aliphatic heterocycles. The third kappa shape index (κ3) is 6.41. The molecule has 5 fully saturated rings. The van der Waals surface area contributed by atoms with Gasteiger partial charge in [0, 0.05) is 12.3 Å². The zero-order chi connectivity index (χ0) is 33.3. The minimum atomic E-state index is -4.62. The number of ether oxygens (including phenoxy) is 2. The minimum Gasteiger partial charge on any atom is -0.393 e. The molecule has 260 valence electrons. The Morgan fingerprint density at radius 2 is 1.56 bits per heavy atom. The molecule has 5 aliphatic rings. The molecule has 0 radical (unpaired) electrons. The maximum Gasteiger partial charge on any atom is 0.397 e. The van der Waals surface area contributed by atoms with Gasteiger partial charge in [0.1, 0.15) is 18.3 Å². The molecule has 4 saturated carbocycles. The Labute approximate surface area is 266 Å². The van der Waals surface area contributed by atoms with Crippen LogP contribution < -0.4 is 0 Å². The standard InChI is InChI=1S/C32H54O12S/c1-16(2)24(43-29-27(37)26(36)23(35)15-42-29)7-6-17(3)19-13-21(33)28-31(19,5)11-9-25-30(4)10-8-18(44-45(39,40)41)12-20(30)22(34)14-32(25,28)38/h6-7,16-29,33-38H,8-15H2,1-5H3,(H,39,40,41)/b7-6+/t17-,18+,19-,20-,21-,22+,23-,24+,25-,26+,27-,28-,29+,30+,31-,32+/m1/s1. The highest BCUT2D eigenvalue weighted by atomic mass is 32.3. The van der Waals surface area contributed by atoms with Crippen molar-refractivity contribution in [2.75, 3.05) is 6.61 Å². The number of aliphatic hydroxyl groups excluding tert-OH is 5. The first-order chi connectivity index (χ1) is 20.8. The first-order valence-electron chi connectivity index (χ1n) is 16.6. The molecule has 0 bridgehead atoms. The molecule has 1 saturated heterocycles. The fourth-order valence-electron chi connectivity index (χ4n) is 10.5. The lowest BCUT2D eigenvalue weighted by Crippen LogP contribution is -2.68. The zero-order valence-electron chi connectivity index (χ0n) is 27.0. The first-order valence-corrected chi connectivity index (χ1v) is 17.9. The summed E-state index contributed by atoms with van der Waals surface area (Å²) in [6, 6.07) is 0. The van der Waals surface area contributed by atoms with Crippen LogP contribution in [0.15, 0.2) is 12.2 Å². The Bertz CT molecular complexity index is 1200. The highest BCUT2D eigenvalue weighted by Crippen LogP contribution is 2.69. The van der Waals surface area contributed by atoms with E-state index < -0.39 is 81.8 Å². The van der Waals surface area contributed by atoms with Crippen LogP contribution in [-0.4, -0.2) is 105 Å². The molecule has 0 amide bonds. The average Bonchev–Trinajstić information content (AvgIpc) is 3.21. The first kappa shape index (κ1) is 35.6. The summed E-state index contributed by atoms with van der Waals surface area (Å²) in [5.74, 6) is -0.933. The molecule has 0 aromatic heterocycles. The van der Waals surface area contributed by atoms with Crippen molar-refractivity contribution in [3.05, 3.63) is 12.2 Å². The second-order valence-corrected chi connectivity index (χ2v) is 16.7. The van der Waals surface area contributed by atoms with Gasteiger partial charge in [-0.15, -0.1) is 0 Å². The van der Waals surface area contributed by atoms with Crippen LogP contribution in [0, 0.1) is 46.3 Å². The van der Waals surface area contributed by atoms with E-state index >= 15 is 0 Å². The number of fused-ring (bicyclic) bond motifs is 5. The van der Waals surface area contributed by atoms with Gasteiger partial charge in [0.05, 0.1) is 36.6 Å². The van der Waals surface area contributed by atoms with E-state index in [-0.39, 0.29) is 49.0 Å². The summed E-state index contributed by atoms with van der Waals surface area (Å²) >= 11 is 0. The van der Waals surface area contributed by atoms with E-state index in [9.17, 15) is 43.6 Å². The fraction of sp³-hybridized carbons (Fsp3) is 0.938. The Hall–Kier alpha value is -0.710. The molecule has 16 atom stereocenters. The van der Waals surface area contributed by atoms with Crippen LogP contribution in [0.3, 0.4) is 0 Å². The molecular weight excluding hydrogens is 608 g/mol. The minimum absolute atomic E-state index is 0.00544. The lowest BCUT2D eigenvalue weighted by molar-refractivity contribution is -0.280. The SMILES string of the molecule is CC(C)[C@H](/C=C/[C@@H](C)[C@H]1C[C@@H](O)[C@@H]2[C@]1(C)CC[C@@H]1[C@@]3(C)CC[C@H](OS(=O)(=O)O)C[C@@H]3[C@@H](O)C[C@]12O)O[C@@H]1OC[C@@H](O)[C@H](O)[C@H]1O. The molecule has 7 N–H and O–H groups in total. The number of hydrogen-bond acceptors (Lipinski definition) is 11. The Morgan fingerprint density at radius 1 is 0.889 bits per heavy atom. The molecule has 4 aliphatic carbocycles. The molecule has 5 rings (SSSR count). The summed E-state index contributed by atoms with van der Waals surface area (Å²) in [6.07, 6.45) is -0.710. The zero-order valence-corrected chi connectivity index (χ0v) is 27.8. The second-order valence-electron chi connectivity index (χ2n) is 15.6. The van der Waals surface area contributed by atoms with Gasteiger partial charge in [0.25, 0.3) is 0 Å². The maximum absolute atomic E-state index is 12.6. The molecule has 13 heteroatoms. The van der Waals surface area contributed by atoms with Gasteiger partial charge in [-0.05, 0) is 78.9 Å². The van der Waals surface area contributed by atoms with Gasteiger partial charge in [-0.1, -0.05) is 46.8 Å². The maximum atomic E-state index is 12.6. The lowest BCUT2D eigenvalue weighted by atomic mass is 9.42. The molecule has 0 spiro atoms.